The van der Waals surface area contributed by atoms with E-state index < -0.39 is 0 Å². The fourth-order valence-corrected chi connectivity index (χ4v) is 2.64. The number of fused-ring (bicyclic) bond motifs is 1. The number of anilines is 1. The number of hydrogen-bond donors (Lipinski definition) is 1. The summed E-state index contributed by atoms with van der Waals surface area (Å²) in [7, 11) is 0. The summed E-state index contributed by atoms with van der Waals surface area (Å²) in [5.41, 5.74) is 2.64. The molecule has 1 N–H and O–H groups in total. The van der Waals surface area contributed by atoms with E-state index in [4.69, 9.17) is 4.74 Å². The largest absolute Gasteiger partial charge is 0.493 e. The van der Waals surface area contributed by atoms with Gasteiger partial charge in [0, 0.05) is 0 Å². The zero-order valence-corrected chi connectivity index (χ0v) is 12.9. The number of rotatable bonds is 5. The second kappa shape index (κ2) is 6.53. The molecule has 0 fully saturated rings. The molecule has 1 aromatic heterocycles. The monoisotopic (exact) mass is 313 g/mol. The molecule has 0 bridgehead atoms. The first kappa shape index (κ1) is 14.5. The molecule has 112 valence electrons. The molecule has 22 heavy (non-hydrogen) atoms. The van der Waals surface area contributed by atoms with Crippen LogP contribution >= 0.6 is 11.7 Å². The van der Waals surface area contributed by atoms with Crippen molar-refractivity contribution in [2.24, 2.45) is 0 Å². The van der Waals surface area contributed by atoms with E-state index in [2.05, 4.69) is 14.1 Å². The second-order valence-corrected chi connectivity index (χ2v) is 5.26. The number of benzene rings is 2. The van der Waals surface area contributed by atoms with Gasteiger partial charge >= 0.3 is 0 Å². The van der Waals surface area contributed by atoms with Crippen molar-refractivity contribution in [3.63, 3.8) is 0 Å². The van der Waals surface area contributed by atoms with Crippen LogP contribution in [0, 0.1) is 0 Å². The normalized spacial score (nSPS) is 10.6. The van der Waals surface area contributed by atoms with Crippen LogP contribution in [0.25, 0.3) is 11.0 Å². The minimum absolute atomic E-state index is 0.216. The van der Waals surface area contributed by atoms with Crippen molar-refractivity contribution < 1.29 is 9.53 Å². The van der Waals surface area contributed by atoms with Gasteiger partial charge in [0.05, 0.1) is 29.6 Å². The highest BCUT2D eigenvalue weighted by Gasteiger charge is 2.14. The number of hydrogen-bond acceptors (Lipinski definition) is 5. The maximum absolute atomic E-state index is 12.5. The van der Waals surface area contributed by atoms with Gasteiger partial charge in [-0.05, 0) is 30.7 Å². The third-order valence-electron chi connectivity index (χ3n) is 3.13. The van der Waals surface area contributed by atoms with Crippen LogP contribution in [0.3, 0.4) is 0 Å². The van der Waals surface area contributed by atoms with Gasteiger partial charge in [0.2, 0.25) is 0 Å². The van der Waals surface area contributed by atoms with Gasteiger partial charge in [-0.3, -0.25) is 4.79 Å². The van der Waals surface area contributed by atoms with Crippen LogP contribution in [0.5, 0.6) is 5.75 Å². The van der Waals surface area contributed by atoms with Crippen molar-refractivity contribution in [2.75, 3.05) is 11.9 Å². The van der Waals surface area contributed by atoms with Crippen LogP contribution in [-0.2, 0) is 0 Å². The van der Waals surface area contributed by atoms with Gasteiger partial charge in [-0.2, -0.15) is 8.75 Å². The zero-order chi connectivity index (χ0) is 15.4. The molecule has 2 aromatic carbocycles. The fraction of sp³-hybridized carbons (Fsp3) is 0.188. The lowest BCUT2D eigenvalue weighted by Crippen LogP contribution is -2.14. The summed E-state index contributed by atoms with van der Waals surface area (Å²) in [6, 6.07) is 12.8. The van der Waals surface area contributed by atoms with Gasteiger partial charge in [0.25, 0.3) is 5.91 Å². The molecule has 0 radical (unpaired) electrons. The zero-order valence-electron chi connectivity index (χ0n) is 12.1. The summed E-state index contributed by atoms with van der Waals surface area (Å²) < 4.78 is 14.0. The maximum atomic E-state index is 12.5. The summed E-state index contributed by atoms with van der Waals surface area (Å²) in [6.45, 7) is 2.61. The molecule has 1 heterocycles. The first-order chi connectivity index (χ1) is 10.8. The molecule has 5 nitrogen and oxygen atoms in total. The summed E-state index contributed by atoms with van der Waals surface area (Å²) in [4.78, 5) is 12.5. The Hall–Kier alpha value is -2.47. The van der Waals surface area contributed by atoms with Crippen molar-refractivity contribution in [1.29, 1.82) is 0 Å². The van der Waals surface area contributed by atoms with Gasteiger partial charge in [-0.25, -0.2) is 0 Å². The number of aromatic nitrogens is 2. The minimum Gasteiger partial charge on any atom is -0.493 e. The van der Waals surface area contributed by atoms with E-state index in [-0.39, 0.29) is 5.91 Å². The lowest BCUT2D eigenvalue weighted by Gasteiger charge is -2.11. The van der Waals surface area contributed by atoms with Gasteiger partial charge in [0.1, 0.15) is 16.8 Å². The molecule has 0 atom stereocenters. The van der Waals surface area contributed by atoms with Gasteiger partial charge < -0.3 is 10.1 Å². The van der Waals surface area contributed by atoms with Crippen LogP contribution < -0.4 is 10.1 Å². The van der Waals surface area contributed by atoms with Crippen molar-refractivity contribution in [2.45, 2.75) is 13.3 Å². The predicted octanol–water partition coefficient (Wildman–Crippen LogP) is 3.73. The Balaban J connectivity index is 1.87. The Morgan fingerprint density at radius 1 is 1.18 bits per heavy atom. The molecule has 3 rings (SSSR count). The van der Waals surface area contributed by atoms with E-state index in [0.717, 1.165) is 23.7 Å². The van der Waals surface area contributed by atoms with E-state index in [9.17, 15) is 4.79 Å². The highest BCUT2D eigenvalue weighted by Crippen LogP contribution is 2.24. The van der Waals surface area contributed by atoms with Crippen LogP contribution in [0.4, 0.5) is 5.69 Å². The molecule has 0 aliphatic heterocycles. The minimum atomic E-state index is -0.216. The van der Waals surface area contributed by atoms with Crippen LogP contribution in [0.1, 0.15) is 23.7 Å². The number of amides is 1. The molecule has 0 spiro atoms. The van der Waals surface area contributed by atoms with E-state index in [1.165, 1.54) is 0 Å². The number of nitrogens with one attached hydrogen (secondary N) is 1. The average Bonchev–Trinajstić information content (AvgIpc) is 3.03. The first-order valence-electron chi connectivity index (χ1n) is 7.04. The molecule has 0 aliphatic carbocycles. The van der Waals surface area contributed by atoms with Crippen LogP contribution in [-0.4, -0.2) is 21.3 Å². The summed E-state index contributed by atoms with van der Waals surface area (Å²) in [5.74, 6) is 0.373. The van der Waals surface area contributed by atoms with E-state index in [1.54, 1.807) is 12.1 Å². The quantitative estimate of drug-likeness (QED) is 0.779. The van der Waals surface area contributed by atoms with E-state index in [0.29, 0.717) is 29.1 Å². The Labute approximate surface area is 132 Å². The predicted molar refractivity (Wildman–Crippen MR) is 87.6 cm³/mol. The molecule has 3 aromatic rings. The Kier molecular flexibility index (Phi) is 4.29. The molecule has 1 amide bonds. The van der Waals surface area contributed by atoms with E-state index >= 15 is 0 Å². The van der Waals surface area contributed by atoms with Crippen molar-refractivity contribution in [3.8, 4) is 5.75 Å². The summed E-state index contributed by atoms with van der Waals surface area (Å²) in [5, 5.41) is 2.89. The van der Waals surface area contributed by atoms with Crippen molar-refractivity contribution >= 4 is 34.4 Å². The summed E-state index contributed by atoms with van der Waals surface area (Å²) >= 11 is 1.13. The van der Waals surface area contributed by atoms with Gasteiger partial charge in [-0.15, -0.1) is 0 Å². The molecular formula is C16H15N3O2S. The lowest BCUT2D eigenvalue weighted by molar-refractivity contribution is 0.102. The van der Waals surface area contributed by atoms with Gasteiger partial charge in [0.15, 0.2) is 0 Å². The molecule has 0 saturated carbocycles. The first-order valence-corrected chi connectivity index (χ1v) is 7.77. The SMILES string of the molecule is CCCOc1ccccc1C(=O)Nc1cccc2nsnc12. The van der Waals surface area contributed by atoms with Crippen LogP contribution in [0.2, 0.25) is 0 Å². The number of carbonyl (C=O) groups excluding carboxylic acids is 1. The topological polar surface area (TPSA) is 64.1 Å². The van der Waals surface area contributed by atoms with Crippen LogP contribution in [0.15, 0.2) is 42.5 Å². The molecule has 0 unspecified atom stereocenters. The van der Waals surface area contributed by atoms with E-state index in [1.807, 2.05) is 37.3 Å². The lowest BCUT2D eigenvalue weighted by atomic mass is 10.1. The number of para-hydroxylation sites is 1. The average molecular weight is 313 g/mol. The molecule has 0 aliphatic rings. The molecular weight excluding hydrogens is 298 g/mol. The van der Waals surface area contributed by atoms with Crippen molar-refractivity contribution in [1.82, 2.24) is 8.75 Å². The molecule has 0 saturated heterocycles. The Bertz CT molecular complexity index is 801. The highest BCUT2D eigenvalue weighted by atomic mass is 32.1. The van der Waals surface area contributed by atoms with Gasteiger partial charge in [-0.1, -0.05) is 25.1 Å². The Morgan fingerprint density at radius 3 is 2.91 bits per heavy atom. The number of carbonyl (C=O) groups is 1. The standard InChI is InChI=1S/C16H15N3O2S/c1-2-10-21-14-9-4-3-6-11(14)16(20)17-12-7-5-8-13-15(12)19-22-18-13/h3-9H,2,10H2,1H3,(H,17,20). The maximum Gasteiger partial charge on any atom is 0.259 e. The fourth-order valence-electron chi connectivity index (χ4n) is 2.09. The van der Waals surface area contributed by atoms with Crippen molar-refractivity contribution in [3.05, 3.63) is 48.0 Å². The molecule has 6 heteroatoms. The third kappa shape index (κ3) is 2.92. The smallest absolute Gasteiger partial charge is 0.259 e. The third-order valence-corrected chi connectivity index (χ3v) is 3.67. The highest BCUT2D eigenvalue weighted by molar-refractivity contribution is 7.00. The second-order valence-electron chi connectivity index (χ2n) is 4.74. The Morgan fingerprint density at radius 2 is 2.05 bits per heavy atom. The summed E-state index contributed by atoms with van der Waals surface area (Å²) in [6.07, 6.45) is 0.889. The number of ether oxygens (including phenoxy) is 1. The number of nitrogens with zero attached hydrogens (tertiary/aromatic N) is 2.